The van der Waals surface area contributed by atoms with Gasteiger partial charge in [-0.3, -0.25) is 0 Å². The number of nitrogens with zero attached hydrogens (tertiary/aromatic N) is 2. The number of benzene rings is 8. The van der Waals surface area contributed by atoms with Crippen LogP contribution in [0.2, 0.25) is 0 Å². The minimum Gasteiger partial charge on any atom is -0.416 e. The molecular weight excluding hydrogens is 888 g/mol. The predicted molar refractivity (Wildman–Crippen MR) is 297 cm³/mol. The van der Waals surface area contributed by atoms with Gasteiger partial charge in [-0.25, -0.2) is 9.97 Å². The molecule has 0 amide bonds. The summed E-state index contributed by atoms with van der Waals surface area (Å²) in [6.45, 7) is 0. The van der Waals surface area contributed by atoms with Crippen LogP contribution < -0.4 is 0 Å². The first-order chi connectivity index (χ1) is 35.2. The van der Waals surface area contributed by atoms with Crippen LogP contribution >= 0.6 is 8.01 Å². The third-order valence-corrected chi connectivity index (χ3v) is 15.1. The molecule has 8 aromatic carbocycles. The molecule has 12 aromatic rings. The molecule has 0 spiro atoms. The monoisotopic (exact) mass is 928 g/mol. The van der Waals surface area contributed by atoms with Crippen molar-refractivity contribution < 1.29 is 8.39 Å². The standard InChI is InChI=1S/C64H41N4O2P/c1-4-17-42(18-5-1)59-49-29-31-51(65-49)60(43-19-6-2-7-20-43)53-33-35-55(67-53)62(56-36-34-54(68-56)61(44-21-8-3-9-22-44)52-32-30-50(59)66-52)45-23-14-24-46(39-45)71-69-57-37-27-40-15-10-12-25-47(40)63(57)64-48-26-13-11-16-41(48)28-38-58(64)70-71/h1-39,65,68H. The number of hydrogen-bond donors (Lipinski definition) is 2. The van der Waals surface area contributed by atoms with E-state index in [0.717, 1.165) is 138 Å². The fourth-order valence-corrected chi connectivity index (χ4v) is 11.8. The Morgan fingerprint density at radius 2 is 0.690 bits per heavy atom. The lowest BCUT2D eigenvalue weighted by atomic mass is 9.99. The molecule has 7 heteroatoms. The van der Waals surface area contributed by atoms with Gasteiger partial charge in [0.25, 0.3) is 8.01 Å². The van der Waals surface area contributed by atoms with Crippen LogP contribution in [0.25, 0.3) is 140 Å². The van der Waals surface area contributed by atoms with Gasteiger partial charge in [0.2, 0.25) is 0 Å². The average molecular weight is 929 g/mol. The largest absolute Gasteiger partial charge is 0.416 e. The summed E-state index contributed by atoms with van der Waals surface area (Å²) in [6, 6.07) is 74.3. The van der Waals surface area contributed by atoms with Crippen LogP contribution in [-0.4, -0.2) is 19.9 Å². The zero-order valence-corrected chi connectivity index (χ0v) is 39.1. The summed E-state index contributed by atoms with van der Waals surface area (Å²) in [4.78, 5) is 18.8. The number of fused-ring (bicyclic) bond motifs is 15. The summed E-state index contributed by atoms with van der Waals surface area (Å²) in [5.74, 6) is 0. The van der Waals surface area contributed by atoms with E-state index in [0.29, 0.717) is 0 Å². The van der Waals surface area contributed by atoms with E-state index in [4.69, 9.17) is 18.4 Å². The molecule has 6 heterocycles. The second-order valence-corrected chi connectivity index (χ2v) is 19.3. The van der Waals surface area contributed by atoms with Crippen LogP contribution in [-0.2, 0) is 0 Å². The second kappa shape index (κ2) is 16.8. The minimum absolute atomic E-state index is 0.794. The maximum atomic E-state index is 7.12. The van der Waals surface area contributed by atoms with Crippen LogP contribution in [0, 0.1) is 0 Å². The Bertz CT molecular complexity index is 4260. The topological polar surface area (TPSA) is 83.6 Å². The van der Waals surface area contributed by atoms with E-state index in [1.54, 1.807) is 0 Å². The molecule has 71 heavy (non-hydrogen) atoms. The lowest BCUT2D eigenvalue weighted by molar-refractivity contribution is 0.651. The molecule has 0 aliphatic carbocycles. The van der Waals surface area contributed by atoms with Gasteiger partial charge in [0.05, 0.1) is 28.1 Å². The third-order valence-electron chi connectivity index (χ3n) is 13.7. The number of nitrogens with one attached hydrogen (secondary N) is 2. The summed E-state index contributed by atoms with van der Waals surface area (Å²) in [5, 5.41) is 7.55. The lowest BCUT2D eigenvalue weighted by Gasteiger charge is -2.08. The van der Waals surface area contributed by atoms with Gasteiger partial charge >= 0.3 is 0 Å². The number of hydrogen-bond acceptors (Lipinski definition) is 4. The van der Waals surface area contributed by atoms with Gasteiger partial charge in [0.1, 0.15) is 11.2 Å². The van der Waals surface area contributed by atoms with Crippen molar-refractivity contribution in [3.8, 4) is 49.8 Å². The van der Waals surface area contributed by atoms with E-state index in [1.807, 2.05) is 0 Å². The van der Waals surface area contributed by atoms with Crippen molar-refractivity contribution in [1.82, 2.24) is 19.9 Å². The van der Waals surface area contributed by atoms with Crippen molar-refractivity contribution in [2.45, 2.75) is 0 Å². The summed E-state index contributed by atoms with van der Waals surface area (Å²) < 4.78 is 14.2. The molecule has 0 radical (unpaired) electrons. The quantitative estimate of drug-likeness (QED) is 0.180. The normalized spacial score (nSPS) is 12.1. The summed E-state index contributed by atoms with van der Waals surface area (Å²) in [6.07, 6.45) is 8.56. The van der Waals surface area contributed by atoms with Crippen molar-refractivity contribution in [2.24, 2.45) is 0 Å². The average Bonchev–Trinajstić information content (AvgIpc) is 4.27. The van der Waals surface area contributed by atoms with E-state index in [9.17, 15) is 0 Å². The molecule has 0 saturated heterocycles. The fraction of sp³-hybridized carbons (Fsp3) is 0. The first kappa shape index (κ1) is 40.8. The zero-order valence-electron chi connectivity index (χ0n) is 38.2. The molecular formula is C64H41N4O2P. The van der Waals surface area contributed by atoms with Gasteiger partial charge in [-0.1, -0.05) is 164 Å². The van der Waals surface area contributed by atoms with E-state index in [-0.39, 0.29) is 0 Å². The van der Waals surface area contributed by atoms with Crippen LogP contribution in [0.3, 0.4) is 0 Å². The molecule has 14 rings (SSSR count). The fourth-order valence-electron chi connectivity index (χ4n) is 10.5. The van der Waals surface area contributed by atoms with Gasteiger partial charge in [0, 0.05) is 55.1 Å². The van der Waals surface area contributed by atoms with Crippen molar-refractivity contribution in [3.63, 3.8) is 0 Å². The molecule has 0 fully saturated rings. The molecule has 0 atom stereocenters. The summed E-state index contributed by atoms with van der Waals surface area (Å²) in [5.41, 5.74) is 16.9. The molecule has 2 aliphatic heterocycles. The third kappa shape index (κ3) is 7.03. The highest BCUT2D eigenvalue weighted by Crippen LogP contribution is 2.47. The lowest BCUT2D eigenvalue weighted by Crippen LogP contribution is -1.89. The van der Waals surface area contributed by atoms with Gasteiger partial charge in [-0.2, -0.15) is 0 Å². The Morgan fingerprint density at radius 3 is 1.11 bits per heavy atom. The van der Waals surface area contributed by atoms with Crippen molar-refractivity contribution in [1.29, 1.82) is 0 Å². The highest BCUT2D eigenvalue weighted by atomic mass is 31.1. The van der Waals surface area contributed by atoms with E-state index in [2.05, 4.69) is 247 Å². The molecule has 0 unspecified atom stereocenters. The molecule has 2 aliphatic rings. The Labute approximate surface area is 409 Å². The minimum atomic E-state index is -1.66. The Morgan fingerprint density at radius 1 is 0.324 bits per heavy atom. The van der Waals surface area contributed by atoms with E-state index in [1.165, 1.54) is 0 Å². The van der Waals surface area contributed by atoms with Crippen LogP contribution in [0.15, 0.2) is 221 Å². The van der Waals surface area contributed by atoms with E-state index >= 15 is 0 Å². The molecule has 334 valence electrons. The van der Waals surface area contributed by atoms with Crippen molar-refractivity contribution in [2.75, 3.05) is 0 Å². The van der Waals surface area contributed by atoms with Gasteiger partial charge in [-0.05, 0) is 117 Å². The van der Waals surface area contributed by atoms with Crippen LogP contribution in [0.5, 0.6) is 0 Å². The molecule has 6 nitrogen and oxygen atoms in total. The molecule has 2 N–H and O–H groups in total. The second-order valence-electron chi connectivity index (χ2n) is 17.9. The highest BCUT2D eigenvalue weighted by Gasteiger charge is 2.21. The highest BCUT2D eigenvalue weighted by molar-refractivity contribution is 7.45. The predicted octanol–water partition coefficient (Wildman–Crippen LogP) is 18.2. The first-order valence-electron chi connectivity index (χ1n) is 23.8. The smallest absolute Gasteiger partial charge is 0.252 e. The molecule has 0 saturated carbocycles. The number of aromatic nitrogens is 4. The number of H-pyrrole nitrogens is 2. The maximum absolute atomic E-state index is 7.12. The first-order valence-corrected chi connectivity index (χ1v) is 25.0. The summed E-state index contributed by atoms with van der Waals surface area (Å²) in [7, 11) is -1.66. The van der Waals surface area contributed by atoms with Gasteiger partial charge in [0.15, 0.2) is 0 Å². The number of aromatic amines is 2. The number of rotatable bonds is 5. The van der Waals surface area contributed by atoms with Crippen LogP contribution in [0.4, 0.5) is 0 Å². The van der Waals surface area contributed by atoms with Gasteiger partial charge < -0.3 is 18.4 Å². The van der Waals surface area contributed by atoms with E-state index < -0.39 is 8.01 Å². The Hall–Kier alpha value is -9.22. The Balaban J connectivity index is 1.07. The van der Waals surface area contributed by atoms with Gasteiger partial charge in [-0.15, -0.1) is 0 Å². The zero-order chi connectivity index (χ0) is 46.8. The van der Waals surface area contributed by atoms with Crippen molar-refractivity contribution >= 4 is 97.9 Å². The van der Waals surface area contributed by atoms with Crippen molar-refractivity contribution in [3.05, 3.63) is 235 Å². The SMILES string of the molecule is C1=Cc2nc1c(-c1ccccc1)c1ccc([nH]1)c(-c1ccccc1)c1nc(c(-c3cccc(-p4oc5ccc6ccccc6c5c5c(ccc6ccccc65)o4)c3)c3ccc([nH]3)c2-c2ccccc2)C=C1. The maximum Gasteiger partial charge on any atom is 0.252 e. The van der Waals surface area contributed by atoms with Crippen LogP contribution in [0.1, 0.15) is 22.8 Å². The molecule has 4 aromatic heterocycles. The summed E-state index contributed by atoms with van der Waals surface area (Å²) >= 11 is 0. The molecule has 8 bridgehead atoms. The Kier molecular flexibility index (Phi) is 9.64.